The molecule has 0 amide bonds. The molecule has 0 aliphatic carbocycles. The van der Waals surface area contributed by atoms with Crippen molar-refractivity contribution >= 4 is 0 Å². The molecule has 0 bridgehead atoms. The van der Waals surface area contributed by atoms with E-state index in [1.807, 2.05) is 7.05 Å². The Hall–Kier alpha value is -0.150. The molecular formula is C8H17FN2. The van der Waals surface area contributed by atoms with Crippen LogP contribution in [0.15, 0.2) is 0 Å². The molecule has 0 aromatic heterocycles. The number of hydrogen-bond donors (Lipinski definition) is 1. The first kappa shape index (κ1) is 8.94. The first-order valence-corrected chi connectivity index (χ1v) is 4.26. The first-order chi connectivity index (χ1) is 5.15. The van der Waals surface area contributed by atoms with Crippen LogP contribution in [0.3, 0.4) is 0 Å². The summed E-state index contributed by atoms with van der Waals surface area (Å²) >= 11 is 0. The van der Waals surface area contributed by atoms with Gasteiger partial charge in [0.25, 0.3) is 0 Å². The van der Waals surface area contributed by atoms with Gasteiger partial charge in [-0.3, -0.25) is 4.90 Å². The van der Waals surface area contributed by atoms with Crippen molar-refractivity contribution in [2.24, 2.45) is 5.73 Å². The molecule has 0 aromatic rings. The zero-order valence-electron chi connectivity index (χ0n) is 7.26. The highest BCUT2D eigenvalue weighted by Crippen LogP contribution is 2.22. The van der Waals surface area contributed by atoms with Crippen molar-refractivity contribution in [1.82, 2.24) is 4.90 Å². The van der Waals surface area contributed by atoms with Crippen molar-refractivity contribution in [3.05, 3.63) is 0 Å². The standard InChI is InChI=1S/C8H17FN2/c1-3-7-4-6(10)5-8(9)11(7)2/h6-8H,3-5,10H2,1-2H3/t6-,7-,8-/m0/s1. The molecule has 11 heavy (non-hydrogen) atoms. The molecule has 1 fully saturated rings. The van der Waals surface area contributed by atoms with E-state index in [4.69, 9.17) is 5.73 Å². The topological polar surface area (TPSA) is 29.3 Å². The van der Waals surface area contributed by atoms with Gasteiger partial charge in [0.15, 0.2) is 6.30 Å². The van der Waals surface area contributed by atoms with Crippen LogP contribution in [-0.4, -0.2) is 30.3 Å². The predicted octanol–water partition coefficient (Wildman–Crippen LogP) is 1.11. The van der Waals surface area contributed by atoms with E-state index in [-0.39, 0.29) is 6.04 Å². The fourth-order valence-corrected chi connectivity index (χ4v) is 1.71. The maximum absolute atomic E-state index is 13.1. The molecule has 1 rings (SSSR count). The molecule has 0 radical (unpaired) electrons. The molecule has 0 saturated carbocycles. The molecule has 3 atom stereocenters. The molecule has 1 aliphatic rings. The van der Waals surface area contributed by atoms with Gasteiger partial charge in [-0.1, -0.05) is 6.92 Å². The number of nitrogens with zero attached hydrogens (tertiary/aromatic N) is 1. The van der Waals surface area contributed by atoms with E-state index in [2.05, 4.69) is 6.92 Å². The summed E-state index contributed by atoms with van der Waals surface area (Å²) in [6.45, 7) is 2.08. The Bertz CT molecular complexity index is 129. The minimum Gasteiger partial charge on any atom is -0.327 e. The lowest BCUT2D eigenvalue weighted by molar-refractivity contribution is 0.0152. The molecule has 0 unspecified atom stereocenters. The van der Waals surface area contributed by atoms with Crippen molar-refractivity contribution < 1.29 is 4.39 Å². The lowest BCUT2D eigenvalue weighted by atomic mass is 9.96. The maximum atomic E-state index is 13.1. The third-order valence-corrected chi connectivity index (χ3v) is 2.56. The van der Waals surface area contributed by atoms with Gasteiger partial charge in [0.2, 0.25) is 0 Å². The molecule has 0 spiro atoms. The van der Waals surface area contributed by atoms with Gasteiger partial charge in [-0.05, 0) is 19.9 Å². The van der Waals surface area contributed by atoms with Crippen LogP contribution in [0, 0.1) is 0 Å². The summed E-state index contributed by atoms with van der Waals surface area (Å²) in [7, 11) is 1.84. The number of hydrogen-bond acceptors (Lipinski definition) is 2. The molecule has 66 valence electrons. The summed E-state index contributed by atoms with van der Waals surface area (Å²) in [5.41, 5.74) is 5.69. The third kappa shape index (κ3) is 1.91. The Balaban J connectivity index is 2.51. The summed E-state index contributed by atoms with van der Waals surface area (Å²) < 4.78 is 13.1. The molecule has 1 aliphatic heterocycles. The summed E-state index contributed by atoms with van der Waals surface area (Å²) in [5, 5.41) is 0. The minimum atomic E-state index is -0.830. The van der Waals surface area contributed by atoms with Crippen LogP contribution >= 0.6 is 0 Å². The van der Waals surface area contributed by atoms with Gasteiger partial charge in [-0.2, -0.15) is 0 Å². The van der Waals surface area contributed by atoms with E-state index < -0.39 is 6.30 Å². The smallest absolute Gasteiger partial charge is 0.155 e. The second kappa shape index (κ2) is 3.50. The molecule has 0 aromatic carbocycles. The van der Waals surface area contributed by atoms with E-state index in [0.717, 1.165) is 12.8 Å². The van der Waals surface area contributed by atoms with Crippen LogP contribution in [0.4, 0.5) is 4.39 Å². The Morgan fingerprint density at radius 2 is 2.18 bits per heavy atom. The first-order valence-electron chi connectivity index (χ1n) is 4.26. The average Bonchev–Trinajstić information content (AvgIpc) is 1.96. The number of halogens is 1. The molecule has 1 heterocycles. The highest BCUT2D eigenvalue weighted by atomic mass is 19.1. The van der Waals surface area contributed by atoms with Crippen LogP contribution in [0.1, 0.15) is 26.2 Å². The zero-order chi connectivity index (χ0) is 8.43. The molecule has 1 saturated heterocycles. The van der Waals surface area contributed by atoms with E-state index in [9.17, 15) is 4.39 Å². The van der Waals surface area contributed by atoms with Crippen molar-refractivity contribution in [3.63, 3.8) is 0 Å². The quantitative estimate of drug-likeness (QED) is 0.582. The van der Waals surface area contributed by atoms with Crippen LogP contribution in [0.5, 0.6) is 0 Å². The lowest BCUT2D eigenvalue weighted by Gasteiger charge is -2.37. The Labute approximate surface area is 67.6 Å². The number of nitrogens with two attached hydrogens (primary N) is 1. The molecule has 2 N–H and O–H groups in total. The van der Waals surface area contributed by atoms with Crippen LogP contribution in [0.2, 0.25) is 0 Å². The van der Waals surface area contributed by atoms with Crippen LogP contribution in [0.25, 0.3) is 0 Å². The van der Waals surface area contributed by atoms with Gasteiger partial charge in [-0.15, -0.1) is 0 Å². The average molecular weight is 160 g/mol. The number of piperidine rings is 1. The summed E-state index contributed by atoms with van der Waals surface area (Å²) in [6, 6.07) is 0.403. The van der Waals surface area contributed by atoms with Crippen molar-refractivity contribution in [2.45, 2.75) is 44.6 Å². The van der Waals surface area contributed by atoms with Crippen LogP contribution < -0.4 is 5.73 Å². The van der Waals surface area contributed by atoms with Gasteiger partial charge < -0.3 is 5.73 Å². The SMILES string of the molecule is CC[C@H]1C[C@H](N)C[C@@H](F)N1C. The summed E-state index contributed by atoms with van der Waals surface area (Å²) in [5.74, 6) is 0. The second-order valence-electron chi connectivity index (χ2n) is 3.39. The van der Waals surface area contributed by atoms with E-state index in [1.165, 1.54) is 0 Å². The summed E-state index contributed by atoms with van der Waals surface area (Å²) in [4.78, 5) is 1.80. The maximum Gasteiger partial charge on any atom is 0.155 e. The Morgan fingerprint density at radius 3 is 2.73 bits per heavy atom. The summed E-state index contributed by atoms with van der Waals surface area (Å²) in [6.07, 6.45) is 1.59. The normalized spacial score (nSPS) is 40.9. The molecule has 2 nitrogen and oxygen atoms in total. The number of rotatable bonds is 1. The van der Waals surface area contributed by atoms with Crippen molar-refractivity contribution in [3.8, 4) is 0 Å². The van der Waals surface area contributed by atoms with E-state index in [1.54, 1.807) is 4.90 Å². The molecular weight excluding hydrogens is 143 g/mol. The highest BCUT2D eigenvalue weighted by Gasteiger charge is 2.30. The van der Waals surface area contributed by atoms with Gasteiger partial charge in [0.05, 0.1) is 0 Å². The second-order valence-corrected chi connectivity index (χ2v) is 3.39. The largest absolute Gasteiger partial charge is 0.327 e. The predicted molar refractivity (Wildman–Crippen MR) is 43.9 cm³/mol. The fourth-order valence-electron chi connectivity index (χ4n) is 1.71. The number of alkyl halides is 1. The third-order valence-electron chi connectivity index (χ3n) is 2.56. The zero-order valence-corrected chi connectivity index (χ0v) is 7.26. The van der Waals surface area contributed by atoms with Gasteiger partial charge >= 0.3 is 0 Å². The van der Waals surface area contributed by atoms with Crippen molar-refractivity contribution in [2.75, 3.05) is 7.05 Å². The monoisotopic (exact) mass is 160 g/mol. The van der Waals surface area contributed by atoms with Gasteiger partial charge in [0, 0.05) is 18.5 Å². The highest BCUT2D eigenvalue weighted by molar-refractivity contribution is 4.83. The van der Waals surface area contributed by atoms with Gasteiger partial charge in [0.1, 0.15) is 0 Å². The Kier molecular flexibility index (Phi) is 2.84. The van der Waals surface area contributed by atoms with Crippen molar-refractivity contribution in [1.29, 1.82) is 0 Å². The van der Waals surface area contributed by atoms with Crippen LogP contribution in [-0.2, 0) is 0 Å². The fraction of sp³-hybridized carbons (Fsp3) is 1.00. The number of likely N-dealkylation sites (tertiary alicyclic amines) is 1. The van der Waals surface area contributed by atoms with E-state index >= 15 is 0 Å². The van der Waals surface area contributed by atoms with Gasteiger partial charge in [-0.25, -0.2) is 4.39 Å². The van der Waals surface area contributed by atoms with E-state index in [0.29, 0.717) is 12.5 Å². The Morgan fingerprint density at radius 1 is 1.55 bits per heavy atom. The molecule has 3 heteroatoms. The lowest BCUT2D eigenvalue weighted by Crippen LogP contribution is -2.48. The minimum absolute atomic E-state index is 0.0612.